The molecule has 3 aromatic rings. The summed E-state index contributed by atoms with van der Waals surface area (Å²) in [6.45, 7) is 4.07. The Morgan fingerprint density at radius 1 is 1.03 bits per heavy atom. The van der Waals surface area contributed by atoms with Crippen LogP contribution in [-0.4, -0.2) is 38.9 Å². The summed E-state index contributed by atoms with van der Waals surface area (Å²) in [7, 11) is 1.64. The number of thioether (sulfide) groups is 1. The van der Waals surface area contributed by atoms with Crippen LogP contribution in [0.25, 0.3) is 11.4 Å². The first kappa shape index (κ1) is 24.8. The van der Waals surface area contributed by atoms with Crippen LogP contribution in [0.3, 0.4) is 0 Å². The highest BCUT2D eigenvalue weighted by Gasteiger charge is 2.30. The van der Waals surface area contributed by atoms with Crippen molar-refractivity contribution < 1.29 is 14.3 Å². The summed E-state index contributed by atoms with van der Waals surface area (Å²) in [4.78, 5) is 25.0. The lowest BCUT2D eigenvalue weighted by molar-refractivity contribution is -0.121. The summed E-state index contributed by atoms with van der Waals surface area (Å²) in [6, 6.07) is 16.8. The van der Waals surface area contributed by atoms with Gasteiger partial charge in [-0.25, -0.2) is 0 Å². The van der Waals surface area contributed by atoms with E-state index in [0.29, 0.717) is 16.6 Å². The van der Waals surface area contributed by atoms with Gasteiger partial charge < -0.3 is 4.74 Å². The van der Waals surface area contributed by atoms with E-state index in [1.54, 1.807) is 38.3 Å². The van der Waals surface area contributed by atoms with Crippen molar-refractivity contribution in [2.75, 3.05) is 7.11 Å². The Morgan fingerprint density at radius 2 is 1.74 bits per heavy atom. The average molecular weight is 494 g/mol. The van der Waals surface area contributed by atoms with Gasteiger partial charge in [0.1, 0.15) is 5.75 Å². The molecule has 1 aliphatic rings. The number of ether oxygens (including phenoxy) is 1. The number of rotatable bonds is 7. The lowest BCUT2D eigenvalue weighted by Gasteiger charge is -2.31. The predicted molar refractivity (Wildman–Crippen MR) is 136 cm³/mol. The van der Waals surface area contributed by atoms with Crippen LogP contribution in [0.15, 0.2) is 59.8 Å². The molecular formula is C26H31N5O3S. The number of benzene rings is 2. The molecule has 0 unspecified atom stereocenters. The second-order valence-electron chi connectivity index (χ2n) is 8.80. The van der Waals surface area contributed by atoms with E-state index in [-0.39, 0.29) is 17.9 Å². The summed E-state index contributed by atoms with van der Waals surface area (Å²) in [5.74, 6) is 1.38. The molecule has 1 heterocycles. The number of hydrogen-bond acceptors (Lipinski definition) is 6. The molecule has 8 nitrogen and oxygen atoms in total. The summed E-state index contributed by atoms with van der Waals surface area (Å²) < 4.78 is 7.50. The predicted octanol–water partition coefficient (Wildman–Crippen LogP) is 4.65. The van der Waals surface area contributed by atoms with Crippen molar-refractivity contribution in [3.05, 3.63) is 60.2 Å². The second kappa shape index (κ2) is 11.4. The number of carbonyl (C=O) groups excluding carboxylic acids is 2. The van der Waals surface area contributed by atoms with Crippen molar-refractivity contribution in [1.82, 2.24) is 25.6 Å². The van der Waals surface area contributed by atoms with Gasteiger partial charge in [0.15, 0.2) is 11.0 Å². The van der Waals surface area contributed by atoms with Gasteiger partial charge in [0.25, 0.3) is 11.8 Å². The van der Waals surface area contributed by atoms with Gasteiger partial charge in [-0.05, 0) is 62.1 Å². The molecule has 2 amide bonds. The number of nitrogens with one attached hydrogen (secondary N) is 2. The van der Waals surface area contributed by atoms with Crippen molar-refractivity contribution in [2.24, 2.45) is 5.92 Å². The van der Waals surface area contributed by atoms with Gasteiger partial charge in [-0.3, -0.25) is 25.0 Å². The zero-order valence-corrected chi connectivity index (χ0v) is 21.0. The minimum atomic E-state index is -0.489. The Labute approximate surface area is 209 Å². The normalized spacial score (nSPS) is 18.5. The Kier molecular flexibility index (Phi) is 8.07. The van der Waals surface area contributed by atoms with Gasteiger partial charge in [-0.1, -0.05) is 49.7 Å². The van der Waals surface area contributed by atoms with E-state index in [0.717, 1.165) is 36.4 Å². The number of methoxy groups -OCH3 is 1. The van der Waals surface area contributed by atoms with Crippen LogP contribution in [0.5, 0.6) is 5.75 Å². The molecule has 9 heteroatoms. The van der Waals surface area contributed by atoms with Crippen molar-refractivity contribution in [2.45, 2.75) is 56.0 Å². The van der Waals surface area contributed by atoms with Gasteiger partial charge in [0.05, 0.1) is 12.4 Å². The van der Waals surface area contributed by atoms with Gasteiger partial charge in [-0.2, -0.15) is 0 Å². The van der Waals surface area contributed by atoms with Crippen LogP contribution >= 0.6 is 11.8 Å². The molecule has 35 heavy (non-hydrogen) atoms. The monoisotopic (exact) mass is 493 g/mol. The molecule has 3 atom stereocenters. The van der Waals surface area contributed by atoms with E-state index in [1.807, 2.05) is 30.3 Å². The SMILES string of the molecule is COc1ccc(-c2nnc(S[C@H](C)C(=O)NNC(=O)c3ccccc3)n2[C@H]2CCCC[C@@H]2C)cc1. The van der Waals surface area contributed by atoms with Gasteiger partial charge >= 0.3 is 0 Å². The maximum absolute atomic E-state index is 12.8. The van der Waals surface area contributed by atoms with E-state index in [1.165, 1.54) is 18.2 Å². The lowest BCUT2D eigenvalue weighted by Crippen LogP contribution is -2.45. The van der Waals surface area contributed by atoms with Crippen LogP contribution < -0.4 is 15.6 Å². The standard InChI is InChI=1S/C26H31N5O3S/c1-17-9-7-8-12-22(17)31-23(19-13-15-21(34-3)16-14-19)27-30-26(31)35-18(2)24(32)28-29-25(33)20-10-5-4-6-11-20/h4-6,10-11,13-18,22H,7-9,12H2,1-3H3,(H,28,32)(H,29,33)/t17-,18+,22-/m0/s1. The maximum atomic E-state index is 12.8. The Morgan fingerprint density at radius 3 is 2.43 bits per heavy atom. The minimum Gasteiger partial charge on any atom is -0.497 e. The first-order chi connectivity index (χ1) is 17.0. The number of hydrogen-bond donors (Lipinski definition) is 2. The molecular weight excluding hydrogens is 462 g/mol. The van der Waals surface area contributed by atoms with Crippen molar-refractivity contribution in [3.8, 4) is 17.1 Å². The van der Waals surface area contributed by atoms with E-state index >= 15 is 0 Å². The average Bonchev–Trinajstić information content (AvgIpc) is 3.30. The van der Waals surface area contributed by atoms with Crippen molar-refractivity contribution in [3.63, 3.8) is 0 Å². The first-order valence-corrected chi connectivity index (χ1v) is 12.8. The molecule has 4 rings (SSSR count). The Hall–Kier alpha value is -3.33. The minimum absolute atomic E-state index is 0.256. The van der Waals surface area contributed by atoms with E-state index in [9.17, 15) is 9.59 Å². The smallest absolute Gasteiger partial charge is 0.269 e. The summed E-state index contributed by atoms with van der Waals surface area (Å²) in [5.41, 5.74) is 6.44. The Balaban J connectivity index is 1.52. The maximum Gasteiger partial charge on any atom is 0.269 e. The van der Waals surface area contributed by atoms with Crippen LogP contribution in [0.1, 0.15) is 55.9 Å². The number of nitrogens with zero attached hydrogens (tertiary/aromatic N) is 3. The van der Waals surface area contributed by atoms with Crippen molar-refractivity contribution >= 4 is 23.6 Å². The summed E-state index contributed by atoms with van der Waals surface area (Å²) in [5, 5.41) is 9.23. The Bertz CT molecular complexity index is 1150. The zero-order chi connectivity index (χ0) is 24.8. The van der Waals surface area contributed by atoms with Crippen LogP contribution in [-0.2, 0) is 4.79 Å². The molecule has 0 saturated heterocycles. The molecule has 0 aliphatic heterocycles. The molecule has 0 spiro atoms. The van der Waals surface area contributed by atoms with E-state index in [2.05, 4.69) is 32.5 Å². The highest BCUT2D eigenvalue weighted by Crippen LogP contribution is 2.39. The topological polar surface area (TPSA) is 98.1 Å². The molecule has 2 aromatic carbocycles. The summed E-state index contributed by atoms with van der Waals surface area (Å²) >= 11 is 1.35. The first-order valence-electron chi connectivity index (χ1n) is 11.9. The van der Waals surface area contributed by atoms with E-state index < -0.39 is 5.25 Å². The van der Waals surface area contributed by atoms with Crippen LogP contribution in [0, 0.1) is 5.92 Å². The van der Waals surface area contributed by atoms with Crippen LogP contribution in [0.4, 0.5) is 0 Å². The zero-order valence-electron chi connectivity index (χ0n) is 20.2. The molecule has 1 aliphatic carbocycles. The highest BCUT2D eigenvalue weighted by molar-refractivity contribution is 8.00. The number of hydrazine groups is 1. The highest BCUT2D eigenvalue weighted by atomic mass is 32.2. The second-order valence-corrected chi connectivity index (χ2v) is 10.1. The van der Waals surface area contributed by atoms with Gasteiger partial charge in [-0.15, -0.1) is 10.2 Å². The van der Waals surface area contributed by atoms with Gasteiger partial charge in [0, 0.05) is 17.2 Å². The third-order valence-electron chi connectivity index (χ3n) is 6.40. The number of aromatic nitrogens is 3. The van der Waals surface area contributed by atoms with Crippen molar-refractivity contribution in [1.29, 1.82) is 0 Å². The van der Waals surface area contributed by atoms with Crippen LogP contribution in [0.2, 0.25) is 0 Å². The fourth-order valence-electron chi connectivity index (χ4n) is 4.37. The molecule has 1 saturated carbocycles. The van der Waals surface area contributed by atoms with Gasteiger partial charge in [0.2, 0.25) is 0 Å². The van der Waals surface area contributed by atoms with E-state index in [4.69, 9.17) is 4.74 Å². The summed E-state index contributed by atoms with van der Waals surface area (Å²) in [6.07, 6.45) is 4.57. The molecule has 184 valence electrons. The largest absolute Gasteiger partial charge is 0.497 e. The number of amides is 2. The fraction of sp³-hybridized carbons (Fsp3) is 0.385. The molecule has 1 aromatic heterocycles. The fourth-order valence-corrected chi connectivity index (χ4v) is 5.27. The number of carbonyl (C=O) groups is 2. The third kappa shape index (κ3) is 5.85. The molecule has 0 bridgehead atoms. The quantitative estimate of drug-likeness (QED) is 0.367. The lowest BCUT2D eigenvalue weighted by atomic mass is 9.85. The molecule has 0 radical (unpaired) electrons. The third-order valence-corrected chi connectivity index (χ3v) is 7.45. The molecule has 2 N–H and O–H groups in total. The molecule has 1 fully saturated rings.